The molecule has 124 valence electrons. The molecule has 1 aliphatic rings. The van der Waals surface area contributed by atoms with Gasteiger partial charge in [0, 0.05) is 31.9 Å². The molecule has 1 saturated heterocycles. The number of hydrogen-bond donors (Lipinski definition) is 1. The molecular weight excluding hydrogens is 276 g/mol. The molecule has 1 atom stereocenters. The van der Waals surface area contributed by atoms with Crippen LogP contribution in [-0.2, 0) is 6.42 Å². The van der Waals surface area contributed by atoms with Gasteiger partial charge in [-0.1, -0.05) is 6.92 Å². The third kappa shape index (κ3) is 4.92. The van der Waals surface area contributed by atoms with Crippen molar-refractivity contribution < 1.29 is 5.11 Å². The first-order valence-electron chi connectivity index (χ1n) is 8.44. The fourth-order valence-corrected chi connectivity index (χ4v) is 3.19. The van der Waals surface area contributed by atoms with Crippen molar-refractivity contribution in [3.63, 3.8) is 0 Å². The minimum Gasteiger partial charge on any atom is -0.392 e. The van der Waals surface area contributed by atoms with E-state index < -0.39 is 0 Å². The molecule has 1 aliphatic heterocycles. The second-order valence-electron chi connectivity index (χ2n) is 6.59. The summed E-state index contributed by atoms with van der Waals surface area (Å²) in [5, 5.41) is 9.48. The van der Waals surface area contributed by atoms with E-state index in [1.54, 1.807) is 0 Å². The van der Waals surface area contributed by atoms with Gasteiger partial charge in [0.15, 0.2) is 0 Å². The van der Waals surface area contributed by atoms with E-state index >= 15 is 0 Å². The van der Waals surface area contributed by atoms with E-state index in [4.69, 9.17) is 0 Å². The van der Waals surface area contributed by atoms with Crippen LogP contribution in [0.15, 0.2) is 6.07 Å². The number of aromatic nitrogens is 2. The number of piperidine rings is 1. The van der Waals surface area contributed by atoms with E-state index in [2.05, 4.69) is 39.8 Å². The van der Waals surface area contributed by atoms with Gasteiger partial charge < -0.3 is 14.9 Å². The lowest BCUT2D eigenvalue weighted by Gasteiger charge is -2.34. The SMILES string of the molecule is CCc1cc(N(C)CC2CCN(CC(C)O)CC2)nc(C)n1. The topological polar surface area (TPSA) is 52.5 Å². The van der Waals surface area contributed by atoms with Gasteiger partial charge in [-0.15, -0.1) is 0 Å². The Morgan fingerprint density at radius 3 is 2.64 bits per heavy atom. The summed E-state index contributed by atoms with van der Waals surface area (Å²) in [4.78, 5) is 13.7. The van der Waals surface area contributed by atoms with Crippen molar-refractivity contribution in [1.29, 1.82) is 0 Å². The van der Waals surface area contributed by atoms with Crippen molar-refractivity contribution in [2.24, 2.45) is 5.92 Å². The predicted octanol–water partition coefficient (Wildman–Crippen LogP) is 1.88. The Bertz CT molecular complexity index is 470. The summed E-state index contributed by atoms with van der Waals surface area (Å²) in [7, 11) is 2.13. The number of likely N-dealkylation sites (tertiary alicyclic amines) is 1. The Labute approximate surface area is 134 Å². The lowest BCUT2D eigenvalue weighted by Crippen LogP contribution is -2.40. The minimum absolute atomic E-state index is 0.226. The van der Waals surface area contributed by atoms with Crippen molar-refractivity contribution in [1.82, 2.24) is 14.9 Å². The zero-order valence-electron chi connectivity index (χ0n) is 14.4. The van der Waals surface area contributed by atoms with Crippen LogP contribution >= 0.6 is 0 Å². The zero-order valence-corrected chi connectivity index (χ0v) is 14.4. The van der Waals surface area contributed by atoms with Crippen molar-refractivity contribution in [2.45, 2.75) is 46.1 Å². The van der Waals surface area contributed by atoms with Crippen LogP contribution in [0.5, 0.6) is 0 Å². The minimum atomic E-state index is -0.226. The van der Waals surface area contributed by atoms with Crippen LogP contribution < -0.4 is 4.90 Å². The van der Waals surface area contributed by atoms with E-state index in [0.29, 0.717) is 5.92 Å². The summed E-state index contributed by atoms with van der Waals surface area (Å²) in [5.41, 5.74) is 1.11. The molecule has 0 saturated carbocycles. The molecule has 1 unspecified atom stereocenters. The lowest BCUT2D eigenvalue weighted by molar-refractivity contribution is 0.101. The highest BCUT2D eigenvalue weighted by molar-refractivity contribution is 5.39. The smallest absolute Gasteiger partial charge is 0.132 e. The maximum atomic E-state index is 9.48. The molecule has 2 heterocycles. The molecule has 1 aromatic rings. The molecule has 1 aromatic heterocycles. The number of rotatable bonds is 6. The van der Waals surface area contributed by atoms with Gasteiger partial charge in [-0.05, 0) is 52.1 Å². The number of aliphatic hydroxyl groups excluding tert-OH is 1. The van der Waals surface area contributed by atoms with Crippen molar-refractivity contribution in [3.05, 3.63) is 17.6 Å². The van der Waals surface area contributed by atoms with Gasteiger partial charge in [-0.2, -0.15) is 0 Å². The monoisotopic (exact) mass is 306 g/mol. The maximum Gasteiger partial charge on any atom is 0.132 e. The first-order chi connectivity index (χ1) is 10.5. The quantitative estimate of drug-likeness (QED) is 0.869. The lowest BCUT2D eigenvalue weighted by atomic mass is 9.96. The molecule has 5 nitrogen and oxygen atoms in total. The van der Waals surface area contributed by atoms with Crippen LogP contribution in [0.25, 0.3) is 0 Å². The summed E-state index contributed by atoms with van der Waals surface area (Å²) in [6.45, 7) is 9.98. The molecule has 0 radical (unpaired) electrons. The fourth-order valence-electron chi connectivity index (χ4n) is 3.19. The number of aliphatic hydroxyl groups is 1. The molecule has 0 aromatic carbocycles. The van der Waals surface area contributed by atoms with E-state index in [-0.39, 0.29) is 6.10 Å². The van der Waals surface area contributed by atoms with E-state index in [0.717, 1.165) is 49.9 Å². The second-order valence-corrected chi connectivity index (χ2v) is 6.59. The van der Waals surface area contributed by atoms with Crippen LogP contribution in [0.4, 0.5) is 5.82 Å². The molecule has 0 spiro atoms. The summed E-state index contributed by atoms with van der Waals surface area (Å²) in [5.74, 6) is 2.60. The molecular formula is C17H30N4O. The third-order valence-corrected chi connectivity index (χ3v) is 4.39. The van der Waals surface area contributed by atoms with E-state index in [1.807, 2.05) is 13.8 Å². The van der Waals surface area contributed by atoms with E-state index in [1.165, 1.54) is 12.8 Å². The first-order valence-corrected chi connectivity index (χ1v) is 8.44. The summed E-state index contributed by atoms with van der Waals surface area (Å²) in [6.07, 6.45) is 3.11. The normalized spacial score (nSPS) is 18.4. The van der Waals surface area contributed by atoms with Crippen molar-refractivity contribution in [2.75, 3.05) is 38.1 Å². The maximum absolute atomic E-state index is 9.48. The number of hydrogen-bond acceptors (Lipinski definition) is 5. The summed E-state index contributed by atoms with van der Waals surface area (Å²) in [6, 6.07) is 2.11. The van der Waals surface area contributed by atoms with Crippen LogP contribution in [-0.4, -0.2) is 59.3 Å². The van der Waals surface area contributed by atoms with Gasteiger partial charge in [-0.25, -0.2) is 9.97 Å². The fraction of sp³-hybridized carbons (Fsp3) is 0.765. The Morgan fingerprint density at radius 2 is 2.05 bits per heavy atom. The molecule has 0 amide bonds. The molecule has 22 heavy (non-hydrogen) atoms. The highest BCUT2D eigenvalue weighted by atomic mass is 16.3. The standard InChI is InChI=1S/C17H30N4O/c1-5-16-10-17(19-14(3)18-16)20(4)12-15-6-8-21(9-7-15)11-13(2)22/h10,13,15,22H,5-9,11-12H2,1-4H3. The predicted molar refractivity (Wildman–Crippen MR) is 90.3 cm³/mol. The molecule has 1 N–H and O–H groups in total. The molecule has 0 aliphatic carbocycles. The molecule has 5 heteroatoms. The van der Waals surface area contributed by atoms with Crippen molar-refractivity contribution >= 4 is 5.82 Å². The van der Waals surface area contributed by atoms with Gasteiger partial charge in [0.2, 0.25) is 0 Å². The Balaban J connectivity index is 1.88. The Hall–Kier alpha value is -1.20. The first kappa shape index (κ1) is 17.2. The van der Waals surface area contributed by atoms with Crippen LogP contribution in [0.3, 0.4) is 0 Å². The molecule has 1 fully saturated rings. The third-order valence-electron chi connectivity index (χ3n) is 4.39. The highest BCUT2D eigenvalue weighted by Crippen LogP contribution is 2.21. The Morgan fingerprint density at radius 1 is 1.36 bits per heavy atom. The number of β-amino-alcohol motifs (C(OH)–C–C–N with tert-alkyl or cyclic N) is 1. The number of nitrogens with zero attached hydrogens (tertiary/aromatic N) is 4. The second kappa shape index (κ2) is 7.88. The number of anilines is 1. The molecule has 2 rings (SSSR count). The average Bonchev–Trinajstić information content (AvgIpc) is 2.48. The van der Waals surface area contributed by atoms with Crippen LogP contribution in [0.1, 0.15) is 38.2 Å². The van der Waals surface area contributed by atoms with Crippen LogP contribution in [0.2, 0.25) is 0 Å². The average molecular weight is 306 g/mol. The highest BCUT2D eigenvalue weighted by Gasteiger charge is 2.21. The summed E-state index contributed by atoms with van der Waals surface area (Å²) < 4.78 is 0. The van der Waals surface area contributed by atoms with Gasteiger partial charge in [0.05, 0.1) is 6.10 Å². The summed E-state index contributed by atoms with van der Waals surface area (Å²) >= 11 is 0. The van der Waals surface area contributed by atoms with Gasteiger partial charge in [-0.3, -0.25) is 0 Å². The van der Waals surface area contributed by atoms with Gasteiger partial charge >= 0.3 is 0 Å². The largest absolute Gasteiger partial charge is 0.392 e. The molecule has 0 bridgehead atoms. The van der Waals surface area contributed by atoms with Crippen molar-refractivity contribution in [3.8, 4) is 0 Å². The van der Waals surface area contributed by atoms with Gasteiger partial charge in [0.25, 0.3) is 0 Å². The number of aryl methyl sites for hydroxylation is 2. The van der Waals surface area contributed by atoms with Crippen LogP contribution in [0, 0.1) is 12.8 Å². The zero-order chi connectivity index (χ0) is 16.1. The Kier molecular flexibility index (Phi) is 6.15. The van der Waals surface area contributed by atoms with Gasteiger partial charge in [0.1, 0.15) is 11.6 Å². The van der Waals surface area contributed by atoms with E-state index in [9.17, 15) is 5.11 Å².